The van der Waals surface area contributed by atoms with Crippen LogP contribution in [0.3, 0.4) is 0 Å². The summed E-state index contributed by atoms with van der Waals surface area (Å²) in [5, 5.41) is 6.24. The van der Waals surface area contributed by atoms with Crippen LogP contribution in [0.1, 0.15) is 33.6 Å². The van der Waals surface area contributed by atoms with Crippen molar-refractivity contribution in [3.05, 3.63) is 24.3 Å². The molecule has 1 aromatic carbocycles. The Morgan fingerprint density at radius 3 is 2.59 bits per heavy atom. The summed E-state index contributed by atoms with van der Waals surface area (Å²) in [7, 11) is 1.72. The highest BCUT2D eigenvalue weighted by molar-refractivity contribution is 5.85. The molecule has 2 N–H and O–H groups in total. The minimum absolute atomic E-state index is 0.321. The summed E-state index contributed by atoms with van der Waals surface area (Å²) in [5.41, 5.74) is 1.18. The molecule has 1 atom stereocenters. The number of anilines is 2. The summed E-state index contributed by atoms with van der Waals surface area (Å²) >= 11 is 0. The number of carbonyl (C=O) groups is 1. The number of hydrogen-bond acceptors (Lipinski definition) is 4. The molecule has 22 heavy (non-hydrogen) atoms. The SMILES string of the molecule is COCC(Nc1cccc(NC(=O)OC(C)(C)C)c1)C1CC1. The molecule has 0 spiro atoms. The van der Waals surface area contributed by atoms with Crippen molar-refractivity contribution in [2.75, 3.05) is 24.4 Å². The van der Waals surface area contributed by atoms with Crippen molar-refractivity contribution < 1.29 is 14.3 Å². The van der Waals surface area contributed by atoms with Gasteiger partial charge in [-0.05, 0) is 57.7 Å². The molecule has 1 amide bonds. The van der Waals surface area contributed by atoms with E-state index in [1.54, 1.807) is 7.11 Å². The first-order valence-electron chi connectivity index (χ1n) is 7.73. The van der Waals surface area contributed by atoms with Crippen molar-refractivity contribution in [3.63, 3.8) is 0 Å². The van der Waals surface area contributed by atoms with E-state index in [0.717, 1.165) is 5.69 Å². The fourth-order valence-electron chi connectivity index (χ4n) is 2.30. The van der Waals surface area contributed by atoms with Crippen LogP contribution in [0.5, 0.6) is 0 Å². The first-order valence-corrected chi connectivity index (χ1v) is 7.73. The largest absolute Gasteiger partial charge is 0.444 e. The van der Waals surface area contributed by atoms with Gasteiger partial charge in [-0.25, -0.2) is 4.79 Å². The summed E-state index contributed by atoms with van der Waals surface area (Å²) in [4.78, 5) is 11.8. The minimum Gasteiger partial charge on any atom is -0.444 e. The second-order valence-electron chi connectivity index (χ2n) is 6.75. The Labute approximate surface area is 132 Å². The highest BCUT2D eigenvalue weighted by atomic mass is 16.6. The molecule has 0 aromatic heterocycles. The molecule has 122 valence electrons. The molecule has 1 aromatic rings. The Hall–Kier alpha value is -1.75. The smallest absolute Gasteiger partial charge is 0.412 e. The zero-order chi connectivity index (χ0) is 16.2. The highest BCUT2D eigenvalue weighted by Gasteiger charge is 2.31. The molecule has 5 heteroatoms. The van der Waals surface area contributed by atoms with E-state index in [4.69, 9.17) is 9.47 Å². The number of methoxy groups -OCH3 is 1. The molecular weight excluding hydrogens is 280 g/mol. The van der Waals surface area contributed by atoms with Gasteiger partial charge in [0.1, 0.15) is 5.60 Å². The maximum Gasteiger partial charge on any atom is 0.412 e. The number of benzene rings is 1. The van der Waals surface area contributed by atoms with Gasteiger partial charge < -0.3 is 14.8 Å². The standard InChI is InChI=1S/C17H26N2O3/c1-17(2,3)22-16(20)19-14-7-5-6-13(10-14)18-15(11-21-4)12-8-9-12/h5-7,10,12,15,18H,8-9,11H2,1-4H3,(H,19,20). The van der Waals surface area contributed by atoms with Gasteiger partial charge in [-0.15, -0.1) is 0 Å². The van der Waals surface area contributed by atoms with Crippen LogP contribution in [0, 0.1) is 5.92 Å². The van der Waals surface area contributed by atoms with Crippen LogP contribution in [-0.2, 0) is 9.47 Å². The molecular formula is C17H26N2O3. The van der Waals surface area contributed by atoms with E-state index in [2.05, 4.69) is 10.6 Å². The van der Waals surface area contributed by atoms with E-state index < -0.39 is 11.7 Å². The lowest BCUT2D eigenvalue weighted by Crippen LogP contribution is -2.28. The fourth-order valence-corrected chi connectivity index (χ4v) is 2.30. The summed E-state index contributed by atoms with van der Waals surface area (Å²) in [6.45, 7) is 6.22. The number of amides is 1. The molecule has 1 aliphatic carbocycles. The molecule has 5 nitrogen and oxygen atoms in total. The van der Waals surface area contributed by atoms with Gasteiger partial charge in [-0.3, -0.25) is 5.32 Å². The Morgan fingerprint density at radius 2 is 2.00 bits per heavy atom. The topological polar surface area (TPSA) is 59.6 Å². The lowest BCUT2D eigenvalue weighted by molar-refractivity contribution is 0.0636. The quantitative estimate of drug-likeness (QED) is 0.837. The van der Waals surface area contributed by atoms with E-state index in [9.17, 15) is 4.79 Å². The lowest BCUT2D eigenvalue weighted by Gasteiger charge is -2.21. The van der Waals surface area contributed by atoms with Crippen LogP contribution in [-0.4, -0.2) is 31.5 Å². The van der Waals surface area contributed by atoms with Crippen LogP contribution in [0.4, 0.5) is 16.2 Å². The normalized spacial score (nSPS) is 16.0. The van der Waals surface area contributed by atoms with E-state index in [1.807, 2.05) is 45.0 Å². The third kappa shape index (κ3) is 5.56. The second kappa shape index (κ2) is 7.01. The first-order chi connectivity index (χ1) is 10.4. The number of ether oxygens (including phenoxy) is 2. The number of carbonyl (C=O) groups excluding carboxylic acids is 1. The third-order valence-electron chi connectivity index (χ3n) is 3.40. The average molecular weight is 306 g/mol. The van der Waals surface area contributed by atoms with E-state index in [-0.39, 0.29) is 0 Å². The maximum atomic E-state index is 11.8. The van der Waals surface area contributed by atoms with Gasteiger partial charge in [0, 0.05) is 18.5 Å². The van der Waals surface area contributed by atoms with E-state index >= 15 is 0 Å². The second-order valence-corrected chi connectivity index (χ2v) is 6.75. The summed E-state index contributed by atoms with van der Waals surface area (Å²) in [6, 6.07) is 7.98. The van der Waals surface area contributed by atoms with Crippen molar-refractivity contribution in [1.29, 1.82) is 0 Å². The monoisotopic (exact) mass is 306 g/mol. The van der Waals surface area contributed by atoms with Gasteiger partial charge in [0.25, 0.3) is 0 Å². The van der Waals surface area contributed by atoms with E-state index in [1.165, 1.54) is 12.8 Å². The van der Waals surface area contributed by atoms with Crippen LogP contribution in [0.15, 0.2) is 24.3 Å². The summed E-state index contributed by atoms with van der Waals surface area (Å²) in [5.74, 6) is 0.683. The van der Waals surface area contributed by atoms with Crippen molar-refractivity contribution in [2.24, 2.45) is 5.92 Å². The molecule has 0 bridgehead atoms. The molecule has 0 saturated heterocycles. The molecule has 1 saturated carbocycles. The molecule has 0 radical (unpaired) electrons. The lowest BCUT2D eigenvalue weighted by atomic mass is 10.2. The highest BCUT2D eigenvalue weighted by Crippen LogP contribution is 2.34. The Kier molecular flexibility index (Phi) is 5.29. The first kappa shape index (κ1) is 16.6. The summed E-state index contributed by atoms with van der Waals surface area (Å²) < 4.78 is 10.5. The number of hydrogen-bond donors (Lipinski definition) is 2. The van der Waals surface area contributed by atoms with Crippen LogP contribution < -0.4 is 10.6 Å². The maximum absolute atomic E-state index is 11.8. The van der Waals surface area contributed by atoms with Crippen LogP contribution in [0.2, 0.25) is 0 Å². The van der Waals surface area contributed by atoms with Gasteiger partial charge in [-0.1, -0.05) is 6.07 Å². The zero-order valence-electron chi connectivity index (χ0n) is 13.8. The predicted octanol–water partition coefficient (Wildman–Crippen LogP) is 3.87. The molecule has 2 rings (SSSR count). The molecule has 1 aliphatic rings. The van der Waals surface area contributed by atoms with Crippen molar-refractivity contribution in [2.45, 2.75) is 45.3 Å². The molecule has 1 unspecified atom stereocenters. The fraction of sp³-hybridized carbons (Fsp3) is 0.588. The third-order valence-corrected chi connectivity index (χ3v) is 3.40. The Bertz CT molecular complexity index is 507. The van der Waals surface area contributed by atoms with Crippen molar-refractivity contribution in [3.8, 4) is 0 Å². The van der Waals surface area contributed by atoms with Crippen LogP contribution >= 0.6 is 0 Å². The Balaban J connectivity index is 1.95. The summed E-state index contributed by atoms with van der Waals surface area (Å²) in [6.07, 6.45) is 2.05. The van der Waals surface area contributed by atoms with Crippen molar-refractivity contribution in [1.82, 2.24) is 0 Å². The number of nitrogens with one attached hydrogen (secondary N) is 2. The van der Waals surface area contributed by atoms with Gasteiger partial charge in [0.05, 0.1) is 12.6 Å². The molecule has 0 heterocycles. The average Bonchev–Trinajstić information content (AvgIpc) is 3.20. The zero-order valence-corrected chi connectivity index (χ0v) is 13.8. The Morgan fingerprint density at radius 1 is 1.32 bits per heavy atom. The van der Waals surface area contributed by atoms with Gasteiger partial charge in [-0.2, -0.15) is 0 Å². The minimum atomic E-state index is -0.504. The molecule has 1 fully saturated rings. The van der Waals surface area contributed by atoms with Gasteiger partial charge in [0.15, 0.2) is 0 Å². The van der Waals surface area contributed by atoms with Gasteiger partial charge in [0.2, 0.25) is 0 Å². The number of rotatable bonds is 6. The predicted molar refractivity (Wildman–Crippen MR) is 88.3 cm³/mol. The molecule has 0 aliphatic heterocycles. The van der Waals surface area contributed by atoms with Crippen molar-refractivity contribution >= 4 is 17.5 Å². The van der Waals surface area contributed by atoms with Crippen LogP contribution in [0.25, 0.3) is 0 Å². The van der Waals surface area contributed by atoms with Gasteiger partial charge >= 0.3 is 6.09 Å². The van der Waals surface area contributed by atoms with E-state index in [0.29, 0.717) is 24.3 Å².